The van der Waals surface area contributed by atoms with E-state index in [4.69, 9.17) is 27.9 Å². The maximum Gasteiger partial charge on any atom is 0.266 e. The van der Waals surface area contributed by atoms with Crippen molar-refractivity contribution < 1.29 is 17.9 Å². The highest BCUT2D eigenvalue weighted by molar-refractivity contribution is 7.92. The van der Waals surface area contributed by atoms with Crippen molar-refractivity contribution in [2.45, 2.75) is 17.0 Å². The number of amides is 1. The normalized spacial score (nSPS) is 18.8. The summed E-state index contributed by atoms with van der Waals surface area (Å²) >= 11 is 12.4. The summed E-state index contributed by atoms with van der Waals surface area (Å²) in [5.41, 5.74) is 0.657. The average Bonchev–Trinajstić information content (AvgIpc) is 3.35. The number of carbonyl (C=O) groups is 1. The first-order valence-electron chi connectivity index (χ1n) is 13.0. The van der Waals surface area contributed by atoms with E-state index in [1.54, 1.807) is 71.6 Å². The van der Waals surface area contributed by atoms with Crippen LogP contribution >= 0.6 is 23.2 Å². The van der Waals surface area contributed by atoms with Crippen molar-refractivity contribution >= 4 is 45.0 Å². The number of anilines is 1. The van der Waals surface area contributed by atoms with E-state index in [1.165, 1.54) is 33.1 Å². The lowest BCUT2D eigenvalue weighted by Gasteiger charge is -2.29. The number of pyridine rings is 1. The minimum Gasteiger partial charge on any atom is -0.378 e. The Bertz CT molecular complexity index is 1760. The molecule has 41 heavy (non-hydrogen) atoms. The molecule has 1 amide bonds. The summed E-state index contributed by atoms with van der Waals surface area (Å²) in [5, 5.41) is 0.979. The fraction of sp³-hybridized carbons (Fsp3) is 0.200. The molecule has 1 saturated heterocycles. The third-order valence-corrected chi connectivity index (χ3v) is 9.71. The molecule has 3 aromatic carbocycles. The van der Waals surface area contributed by atoms with E-state index in [0.29, 0.717) is 47.5 Å². The summed E-state index contributed by atoms with van der Waals surface area (Å²) in [5.74, 6) is -0.270. The van der Waals surface area contributed by atoms with Gasteiger partial charge in [-0.05, 0) is 59.7 Å². The predicted octanol–water partition coefficient (Wildman–Crippen LogP) is 5.17. The van der Waals surface area contributed by atoms with E-state index in [-0.39, 0.29) is 16.3 Å². The van der Waals surface area contributed by atoms with Crippen molar-refractivity contribution in [1.29, 1.82) is 0 Å². The molecule has 11 heteroatoms. The van der Waals surface area contributed by atoms with Gasteiger partial charge in [0.1, 0.15) is 11.4 Å². The summed E-state index contributed by atoms with van der Waals surface area (Å²) < 4.78 is 36.7. The number of rotatable bonds is 5. The summed E-state index contributed by atoms with van der Waals surface area (Å²) in [6.45, 7) is 1.49. The molecular weight excluding hydrogens is 585 g/mol. The Morgan fingerprint density at radius 2 is 1.32 bits per heavy atom. The molecule has 4 aromatic rings. The minimum absolute atomic E-state index is 0.0385. The van der Waals surface area contributed by atoms with Gasteiger partial charge in [-0.25, -0.2) is 12.7 Å². The molecule has 0 N–H and O–H groups in total. The monoisotopic (exact) mass is 609 g/mol. The first-order valence-corrected chi connectivity index (χ1v) is 15.2. The highest BCUT2D eigenvalue weighted by Crippen LogP contribution is 2.49. The van der Waals surface area contributed by atoms with Crippen LogP contribution in [0.25, 0.3) is 0 Å². The Labute approximate surface area is 247 Å². The molecule has 2 aliphatic heterocycles. The molecule has 1 aromatic heterocycles. The fourth-order valence-electron chi connectivity index (χ4n) is 5.45. The summed E-state index contributed by atoms with van der Waals surface area (Å²) in [6, 6.07) is 23.1. The van der Waals surface area contributed by atoms with Gasteiger partial charge in [0, 0.05) is 23.1 Å². The Morgan fingerprint density at radius 1 is 0.756 bits per heavy atom. The predicted molar refractivity (Wildman–Crippen MR) is 157 cm³/mol. The van der Waals surface area contributed by atoms with Gasteiger partial charge in [-0.15, -0.1) is 0 Å². The van der Waals surface area contributed by atoms with Gasteiger partial charge in [0.15, 0.2) is 0 Å². The van der Waals surface area contributed by atoms with E-state index in [9.17, 15) is 18.0 Å². The van der Waals surface area contributed by atoms with Gasteiger partial charge in [-0.3, -0.25) is 14.2 Å². The standard InChI is InChI=1S/C30H25Cl2N3O5S/c31-22-10-6-20(7-11-22)27-28(21-8-12-23(32)13-9-21)35(41(38,39)24-4-2-1-3-5-24)26-15-14-25(30(37)34(26)27)29(36)33-16-18-40-19-17-33/h1-15,27-28H,16-19H2/t27-,28+/m1/s1. The van der Waals surface area contributed by atoms with Gasteiger partial charge < -0.3 is 9.64 Å². The van der Waals surface area contributed by atoms with Crippen LogP contribution in [0.3, 0.4) is 0 Å². The summed E-state index contributed by atoms with van der Waals surface area (Å²) in [6.07, 6.45) is 0. The molecule has 3 heterocycles. The van der Waals surface area contributed by atoms with Crippen LogP contribution in [0.1, 0.15) is 33.6 Å². The number of nitrogens with zero attached hydrogens (tertiary/aromatic N) is 3. The number of aromatic nitrogens is 1. The number of sulfonamides is 1. The zero-order chi connectivity index (χ0) is 28.7. The molecule has 8 nitrogen and oxygen atoms in total. The molecule has 0 saturated carbocycles. The van der Waals surface area contributed by atoms with Crippen molar-refractivity contribution in [3.8, 4) is 0 Å². The van der Waals surface area contributed by atoms with E-state index < -0.39 is 33.6 Å². The topological polar surface area (TPSA) is 88.9 Å². The molecule has 6 rings (SSSR count). The van der Waals surface area contributed by atoms with Gasteiger partial charge in [0.2, 0.25) is 0 Å². The van der Waals surface area contributed by atoms with E-state index >= 15 is 0 Å². The lowest BCUT2D eigenvalue weighted by atomic mass is 9.94. The average molecular weight is 611 g/mol. The number of hydrogen-bond donors (Lipinski definition) is 0. The molecule has 0 spiro atoms. The maximum absolute atomic E-state index is 14.3. The van der Waals surface area contributed by atoms with Crippen LogP contribution in [-0.2, 0) is 14.8 Å². The van der Waals surface area contributed by atoms with Gasteiger partial charge >= 0.3 is 0 Å². The summed E-state index contributed by atoms with van der Waals surface area (Å²) in [4.78, 5) is 29.4. The van der Waals surface area contributed by atoms with E-state index in [1.807, 2.05) is 0 Å². The third-order valence-electron chi connectivity index (χ3n) is 7.40. The number of morpholine rings is 1. The molecule has 2 aliphatic rings. The van der Waals surface area contributed by atoms with E-state index in [2.05, 4.69) is 0 Å². The van der Waals surface area contributed by atoms with Crippen LogP contribution in [0, 0.1) is 0 Å². The zero-order valence-electron chi connectivity index (χ0n) is 21.7. The Kier molecular flexibility index (Phi) is 7.37. The first kappa shape index (κ1) is 27.5. The molecule has 0 radical (unpaired) electrons. The maximum atomic E-state index is 14.3. The smallest absolute Gasteiger partial charge is 0.266 e. The van der Waals surface area contributed by atoms with Crippen LogP contribution in [0.15, 0.2) is 101 Å². The van der Waals surface area contributed by atoms with Crippen LogP contribution in [0.5, 0.6) is 0 Å². The third kappa shape index (κ3) is 4.93. The SMILES string of the molecule is O=C(c1ccc2n(c1=O)[C@H](c1ccc(Cl)cc1)[C@H](c1ccc(Cl)cc1)N2S(=O)(=O)c1ccccc1)N1CCOCC1. The number of benzene rings is 3. The number of halogens is 2. The van der Waals surface area contributed by atoms with Crippen LogP contribution in [0.4, 0.5) is 5.82 Å². The van der Waals surface area contributed by atoms with Crippen molar-refractivity contribution in [3.05, 3.63) is 128 Å². The number of hydrogen-bond acceptors (Lipinski definition) is 5. The van der Waals surface area contributed by atoms with Crippen molar-refractivity contribution in [3.63, 3.8) is 0 Å². The van der Waals surface area contributed by atoms with Crippen molar-refractivity contribution in [2.75, 3.05) is 30.6 Å². The van der Waals surface area contributed by atoms with Crippen LogP contribution in [-0.4, -0.2) is 50.1 Å². The van der Waals surface area contributed by atoms with Gasteiger partial charge in [-0.2, -0.15) is 0 Å². The van der Waals surface area contributed by atoms with Crippen LogP contribution in [0.2, 0.25) is 10.0 Å². The molecule has 1 fully saturated rings. The second-order valence-electron chi connectivity index (χ2n) is 9.79. The fourth-order valence-corrected chi connectivity index (χ4v) is 7.36. The molecule has 0 aliphatic carbocycles. The molecular formula is C30H25Cl2N3O5S. The zero-order valence-corrected chi connectivity index (χ0v) is 24.0. The molecule has 210 valence electrons. The Morgan fingerprint density at radius 3 is 1.90 bits per heavy atom. The Hall–Kier alpha value is -3.63. The lowest BCUT2D eigenvalue weighted by Crippen LogP contribution is -2.43. The second kappa shape index (κ2) is 11.0. The number of ether oxygens (including phenoxy) is 1. The summed E-state index contributed by atoms with van der Waals surface area (Å²) in [7, 11) is -4.18. The molecule has 0 bridgehead atoms. The number of fused-ring (bicyclic) bond motifs is 1. The van der Waals surface area contributed by atoms with E-state index in [0.717, 1.165) is 0 Å². The van der Waals surface area contributed by atoms with Crippen molar-refractivity contribution in [2.24, 2.45) is 0 Å². The molecule has 0 unspecified atom stereocenters. The first-order chi connectivity index (χ1) is 19.8. The Balaban J connectivity index is 1.62. The highest BCUT2D eigenvalue weighted by atomic mass is 35.5. The second-order valence-corrected chi connectivity index (χ2v) is 12.5. The van der Waals surface area contributed by atoms with Crippen molar-refractivity contribution in [1.82, 2.24) is 9.47 Å². The number of carbonyl (C=O) groups excluding carboxylic acids is 1. The largest absolute Gasteiger partial charge is 0.378 e. The van der Waals surface area contributed by atoms with Gasteiger partial charge in [0.05, 0.1) is 30.2 Å². The van der Waals surface area contributed by atoms with Crippen LogP contribution < -0.4 is 9.86 Å². The van der Waals surface area contributed by atoms with Gasteiger partial charge in [0.25, 0.3) is 21.5 Å². The highest BCUT2D eigenvalue weighted by Gasteiger charge is 2.47. The quantitative estimate of drug-likeness (QED) is 0.311. The minimum atomic E-state index is -4.18. The van der Waals surface area contributed by atoms with Gasteiger partial charge in [-0.1, -0.05) is 65.7 Å². The lowest BCUT2D eigenvalue weighted by molar-refractivity contribution is 0.0301. The molecule has 2 atom stereocenters.